The van der Waals surface area contributed by atoms with E-state index in [2.05, 4.69) is 17.1 Å². The van der Waals surface area contributed by atoms with Crippen molar-refractivity contribution in [1.82, 2.24) is 10.2 Å². The number of nitrogens with zero attached hydrogens (tertiary/aromatic N) is 2. The Bertz CT molecular complexity index is 380. The fraction of sp³-hybridized carbons (Fsp3) is 0.500. The quantitative estimate of drug-likeness (QED) is 0.603. The van der Waals surface area contributed by atoms with E-state index in [0.29, 0.717) is 12.6 Å². The standard InChI is InChI=1S/C12H19N3O2/c1-10(9-14(2)3)13-8-11-6-4-5-7-12(11)15(16)17/h4-7,10,13H,8-9H2,1-3H3. The molecule has 1 N–H and O–H groups in total. The minimum absolute atomic E-state index is 0.178. The van der Waals surface area contributed by atoms with E-state index in [1.165, 1.54) is 6.07 Å². The maximum atomic E-state index is 10.8. The van der Waals surface area contributed by atoms with Crippen LogP contribution in [0.5, 0.6) is 0 Å². The maximum Gasteiger partial charge on any atom is 0.273 e. The summed E-state index contributed by atoms with van der Waals surface area (Å²) in [6, 6.07) is 7.12. The molecular formula is C12H19N3O2. The molecule has 94 valence electrons. The van der Waals surface area contributed by atoms with Gasteiger partial charge in [-0.15, -0.1) is 0 Å². The van der Waals surface area contributed by atoms with Gasteiger partial charge in [0.1, 0.15) is 0 Å². The van der Waals surface area contributed by atoms with Crippen molar-refractivity contribution in [1.29, 1.82) is 0 Å². The molecule has 17 heavy (non-hydrogen) atoms. The van der Waals surface area contributed by atoms with Crippen LogP contribution in [-0.4, -0.2) is 36.5 Å². The Morgan fingerprint density at radius 1 is 1.41 bits per heavy atom. The van der Waals surface area contributed by atoms with Crippen LogP contribution in [0.25, 0.3) is 0 Å². The highest BCUT2D eigenvalue weighted by molar-refractivity contribution is 5.39. The average Bonchev–Trinajstić information content (AvgIpc) is 2.25. The zero-order chi connectivity index (χ0) is 12.8. The first-order valence-corrected chi connectivity index (χ1v) is 5.61. The fourth-order valence-electron chi connectivity index (χ4n) is 1.73. The van der Waals surface area contributed by atoms with Gasteiger partial charge >= 0.3 is 0 Å². The summed E-state index contributed by atoms with van der Waals surface area (Å²) in [5, 5.41) is 14.1. The molecule has 0 amide bonds. The largest absolute Gasteiger partial charge is 0.309 e. The Morgan fingerprint density at radius 3 is 2.65 bits per heavy atom. The van der Waals surface area contributed by atoms with E-state index in [4.69, 9.17) is 0 Å². The monoisotopic (exact) mass is 237 g/mol. The number of nitrogens with one attached hydrogen (secondary N) is 1. The molecule has 1 aromatic carbocycles. The molecule has 1 aromatic rings. The lowest BCUT2D eigenvalue weighted by Gasteiger charge is -2.18. The van der Waals surface area contributed by atoms with E-state index in [-0.39, 0.29) is 10.6 Å². The Balaban J connectivity index is 2.60. The van der Waals surface area contributed by atoms with Crippen molar-refractivity contribution in [2.24, 2.45) is 0 Å². The van der Waals surface area contributed by atoms with Crippen LogP contribution in [0.2, 0.25) is 0 Å². The predicted molar refractivity (Wildman–Crippen MR) is 68.0 cm³/mol. The molecule has 0 aliphatic rings. The van der Waals surface area contributed by atoms with Crippen LogP contribution in [0, 0.1) is 10.1 Å². The zero-order valence-electron chi connectivity index (χ0n) is 10.5. The van der Waals surface area contributed by atoms with Crippen LogP contribution in [0.3, 0.4) is 0 Å². The SMILES string of the molecule is CC(CN(C)C)NCc1ccccc1[N+](=O)[O-]. The number of rotatable bonds is 6. The number of hydrogen-bond acceptors (Lipinski definition) is 4. The molecule has 1 unspecified atom stereocenters. The number of nitro benzene ring substituents is 1. The van der Waals surface area contributed by atoms with Crippen LogP contribution in [0.1, 0.15) is 12.5 Å². The number of nitro groups is 1. The molecule has 5 heteroatoms. The molecule has 1 rings (SSSR count). The van der Waals surface area contributed by atoms with Crippen molar-refractivity contribution >= 4 is 5.69 Å². The molecule has 0 aliphatic carbocycles. The molecule has 5 nitrogen and oxygen atoms in total. The van der Waals surface area contributed by atoms with Gasteiger partial charge in [0.15, 0.2) is 0 Å². The molecule has 0 heterocycles. The summed E-state index contributed by atoms with van der Waals surface area (Å²) < 4.78 is 0. The first-order chi connectivity index (χ1) is 8.00. The van der Waals surface area contributed by atoms with Crippen molar-refractivity contribution in [2.75, 3.05) is 20.6 Å². The molecule has 0 spiro atoms. The van der Waals surface area contributed by atoms with E-state index in [1.54, 1.807) is 12.1 Å². The van der Waals surface area contributed by atoms with Gasteiger partial charge in [-0.1, -0.05) is 18.2 Å². The van der Waals surface area contributed by atoms with Crippen LogP contribution in [0.15, 0.2) is 24.3 Å². The molecular weight excluding hydrogens is 218 g/mol. The lowest BCUT2D eigenvalue weighted by Crippen LogP contribution is -2.35. The summed E-state index contributed by atoms with van der Waals surface area (Å²) in [5.41, 5.74) is 0.903. The lowest BCUT2D eigenvalue weighted by molar-refractivity contribution is -0.385. The van der Waals surface area contributed by atoms with E-state index in [1.807, 2.05) is 20.2 Å². The predicted octanol–water partition coefficient (Wildman–Crippen LogP) is 1.63. The number of benzene rings is 1. The topological polar surface area (TPSA) is 58.4 Å². The van der Waals surface area contributed by atoms with Gasteiger partial charge in [0.25, 0.3) is 5.69 Å². The van der Waals surface area contributed by atoms with Crippen molar-refractivity contribution < 1.29 is 4.92 Å². The molecule has 0 saturated carbocycles. The normalized spacial score (nSPS) is 12.7. The average molecular weight is 237 g/mol. The van der Waals surface area contributed by atoms with Crippen molar-refractivity contribution in [3.63, 3.8) is 0 Å². The fourth-order valence-corrected chi connectivity index (χ4v) is 1.73. The van der Waals surface area contributed by atoms with Crippen molar-refractivity contribution in [3.8, 4) is 0 Å². The summed E-state index contributed by atoms with van der Waals surface area (Å²) in [6.45, 7) is 3.49. The Hall–Kier alpha value is -1.46. The van der Waals surface area contributed by atoms with E-state index >= 15 is 0 Å². The van der Waals surface area contributed by atoms with Gasteiger partial charge in [-0.25, -0.2) is 0 Å². The minimum Gasteiger partial charge on any atom is -0.309 e. The highest BCUT2D eigenvalue weighted by Crippen LogP contribution is 2.17. The molecule has 0 aromatic heterocycles. The summed E-state index contributed by atoms with van der Waals surface area (Å²) in [4.78, 5) is 12.6. The molecule has 1 atom stereocenters. The lowest BCUT2D eigenvalue weighted by atomic mass is 10.1. The molecule has 0 fully saturated rings. The van der Waals surface area contributed by atoms with Gasteiger partial charge in [0.05, 0.1) is 4.92 Å². The van der Waals surface area contributed by atoms with Gasteiger partial charge < -0.3 is 10.2 Å². The van der Waals surface area contributed by atoms with Crippen molar-refractivity contribution in [2.45, 2.75) is 19.5 Å². The van der Waals surface area contributed by atoms with Crippen LogP contribution in [-0.2, 0) is 6.54 Å². The second-order valence-electron chi connectivity index (χ2n) is 4.43. The zero-order valence-corrected chi connectivity index (χ0v) is 10.5. The Morgan fingerprint density at radius 2 is 2.06 bits per heavy atom. The first kappa shape index (κ1) is 13.6. The molecule has 0 radical (unpaired) electrons. The third-order valence-electron chi connectivity index (χ3n) is 2.47. The summed E-state index contributed by atoms with van der Waals surface area (Å²) in [5.74, 6) is 0. The Labute approximate surface area is 102 Å². The van der Waals surface area contributed by atoms with Gasteiger partial charge in [-0.3, -0.25) is 10.1 Å². The highest BCUT2D eigenvalue weighted by atomic mass is 16.6. The molecule has 0 aliphatic heterocycles. The Kier molecular flexibility index (Phi) is 5.06. The van der Waals surface area contributed by atoms with Crippen LogP contribution >= 0.6 is 0 Å². The van der Waals surface area contributed by atoms with E-state index in [0.717, 1.165) is 12.1 Å². The third-order valence-corrected chi connectivity index (χ3v) is 2.47. The van der Waals surface area contributed by atoms with Gasteiger partial charge in [-0.05, 0) is 21.0 Å². The second-order valence-corrected chi connectivity index (χ2v) is 4.43. The van der Waals surface area contributed by atoms with Crippen LogP contribution < -0.4 is 5.32 Å². The van der Waals surface area contributed by atoms with Crippen molar-refractivity contribution in [3.05, 3.63) is 39.9 Å². The van der Waals surface area contributed by atoms with Gasteiger partial charge in [0, 0.05) is 30.8 Å². The summed E-state index contributed by atoms with van der Waals surface area (Å²) in [6.07, 6.45) is 0. The maximum absolute atomic E-state index is 10.8. The van der Waals surface area contributed by atoms with Gasteiger partial charge in [0.2, 0.25) is 0 Å². The second kappa shape index (κ2) is 6.32. The highest BCUT2D eigenvalue weighted by Gasteiger charge is 2.12. The van der Waals surface area contributed by atoms with E-state index in [9.17, 15) is 10.1 Å². The van der Waals surface area contributed by atoms with Gasteiger partial charge in [-0.2, -0.15) is 0 Å². The molecule has 0 bridgehead atoms. The molecule has 0 saturated heterocycles. The van der Waals surface area contributed by atoms with Crippen LogP contribution in [0.4, 0.5) is 5.69 Å². The number of likely N-dealkylation sites (N-methyl/N-ethyl adjacent to an activating group) is 1. The number of para-hydroxylation sites is 1. The third kappa shape index (κ3) is 4.50. The summed E-state index contributed by atoms with van der Waals surface area (Å²) >= 11 is 0. The van der Waals surface area contributed by atoms with E-state index < -0.39 is 0 Å². The smallest absolute Gasteiger partial charge is 0.273 e. The minimum atomic E-state index is -0.340. The first-order valence-electron chi connectivity index (χ1n) is 5.61. The summed E-state index contributed by atoms with van der Waals surface area (Å²) in [7, 11) is 4.01. The number of hydrogen-bond donors (Lipinski definition) is 1.